The molecule has 0 aromatic heterocycles. The summed E-state index contributed by atoms with van der Waals surface area (Å²) in [7, 11) is 0. The van der Waals surface area contributed by atoms with E-state index in [9.17, 15) is 23.5 Å². The molecule has 0 bridgehead atoms. The fraction of sp³-hybridized carbons (Fsp3) is 0.263. The second-order valence-corrected chi connectivity index (χ2v) is 5.90. The standard InChI is InChI=1S/C19H20F2N2O3/c1-12(22-17(11-24)14-5-3-2-4-6-14)19(26)23-18(25)9-13-7-15(20)10-16(21)8-13/h2-8,10,12,17,22,24H,9,11H2,1H3,(H,23,25,26)/t12-,17+/m0/s1. The van der Waals surface area contributed by atoms with Crippen molar-refractivity contribution in [3.63, 3.8) is 0 Å². The lowest BCUT2D eigenvalue weighted by molar-refractivity contribution is -0.131. The molecule has 0 spiro atoms. The van der Waals surface area contributed by atoms with E-state index in [0.29, 0.717) is 6.07 Å². The second kappa shape index (κ2) is 9.17. The van der Waals surface area contributed by atoms with Crippen LogP contribution in [0.2, 0.25) is 0 Å². The highest BCUT2D eigenvalue weighted by Crippen LogP contribution is 2.12. The third-order valence-corrected chi connectivity index (χ3v) is 3.78. The summed E-state index contributed by atoms with van der Waals surface area (Å²) in [5.74, 6) is -2.85. The number of carbonyl (C=O) groups is 2. The normalized spacial score (nSPS) is 13.1. The number of rotatable bonds is 7. The minimum absolute atomic E-state index is 0.130. The first kappa shape index (κ1) is 19.7. The summed E-state index contributed by atoms with van der Waals surface area (Å²) in [5.41, 5.74) is 0.933. The van der Waals surface area contributed by atoms with Gasteiger partial charge in [0.25, 0.3) is 0 Å². The van der Waals surface area contributed by atoms with E-state index >= 15 is 0 Å². The lowest BCUT2D eigenvalue weighted by Crippen LogP contribution is -2.46. The predicted molar refractivity (Wildman–Crippen MR) is 92.1 cm³/mol. The minimum Gasteiger partial charge on any atom is -0.394 e. The molecule has 5 nitrogen and oxygen atoms in total. The summed E-state index contributed by atoms with van der Waals surface area (Å²) >= 11 is 0. The number of halogens is 2. The summed E-state index contributed by atoms with van der Waals surface area (Å²) in [6, 6.07) is 10.6. The van der Waals surface area contributed by atoms with Gasteiger partial charge in [-0.1, -0.05) is 30.3 Å². The van der Waals surface area contributed by atoms with Crippen LogP contribution in [0.15, 0.2) is 48.5 Å². The van der Waals surface area contributed by atoms with Crippen molar-refractivity contribution in [2.24, 2.45) is 0 Å². The molecule has 7 heteroatoms. The highest BCUT2D eigenvalue weighted by molar-refractivity contribution is 5.98. The van der Waals surface area contributed by atoms with E-state index in [1.165, 1.54) is 0 Å². The van der Waals surface area contributed by atoms with Crippen LogP contribution in [0.25, 0.3) is 0 Å². The number of nitrogens with one attached hydrogen (secondary N) is 2. The first-order chi connectivity index (χ1) is 12.4. The van der Waals surface area contributed by atoms with Gasteiger partial charge in [0.1, 0.15) is 11.6 Å². The second-order valence-electron chi connectivity index (χ2n) is 5.90. The molecular formula is C19H20F2N2O3. The van der Waals surface area contributed by atoms with Crippen molar-refractivity contribution >= 4 is 11.8 Å². The number of aliphatic hydroxyl groups excluding tert-OH is 1. The molecule has 0 aliphatic heterocycles. The van der Waals surface area contributed by atoms with Crippen molar-refractivity contribution in [2.75, 3.05) is 6.61 Å². The van der Waals surface area contributed by atoms with Crippen LogP contribution < -0.4 is 10.6 Å². The van der Waals surface area contributed by atoms with Gasteiger partial charge >= 0.3 is 0 Å². The highest BCUT2D eigenvalue weighted by Gasteiger charge is 2.20. The van der Waals surface area contributed by atoms with Gasteiger partial charge in [0, 0.05) is 6.07 Å². The van der Waals surface area contributed by atoms with Crippen molar-refractivity contribution in [1.29, 1.82) is 0 Å². The molecule has 3 N–H and O–H groups in total. The van der Waals surface area contributed by atoms with Crippen LogP contribution in [-0.2, 0) is 16.0 Å². The monoisotopic (exact) mass is 362 g/mol. The van der Waals surface area contributed by atoms with E-state index in [2.05, 4.69) is 10.6 Å². The van der Waals surface area contributed by atoms with Crippen LogP contribution in [0, 0.1) is 11.6 Å². The van der Waals surface area contributed by atoms with Gasteiger partial charge in [-0.3, -0.25) is 20.2 Å². The van der Waals surface area contributed by atoms with Gasteiger partial charge in [0.05, 0.1) is 25.1 Å². The van der Waals surface area contributed by atoms with E-state index in [4.69, 9.17) is 0 Å². The van der Waals surface area contributed by atoms with Gasteiger partial charge in [-0.05, 0) is 30.2 Å². The Morgan fingerprint density at radius 1 is 1.08 bits per heavy atom. The van der Waals surface area contributed by atoms with E-state index < -0.39 is 35.5 Å². The van der Waals surface area contributed by atoms with Crippen LogP contribution >= 0.6 is 0 Å². The zero-order valence-electron chi connectivity index (χ0n) is 14.2. The first-order valence-corrected chi connectivity index (χ1v) is 8.09. The Labute approximate surface area is 150 Å². The summed E-state index contributed by atoms with van der Waals surface area (Å²) in [4.78, 5) is 24.1. The van der Waals surface area contributed by atoms with Crippen LogP contribution in [0.4, 0.5) is 8.78 Å². The molecule has 138 valence electrons. The number of carbonyl (C=O) groups excluding carboxylic acids is 2. The maximum Gasteiger partial charge on any atom is 0.243 e. The Kier molecular flexibility index (Phi) is 6.94. The number of hydrogen-bond donors (Lipinski definition) is 3. The Morgan fingerprint density at radius 3 is 2.27 bits per heavy atom. The molecule has 0 aliphatic rings. The SMILES string of the molecule is C[C@H](N[C@H](CO)c1ccccc1)C(=O)NC(=O)Cc1cc(F)cc(F)c1. The third-order valence-electron chi connectivity index (χ3n) is 3.78. The largest absolute Gasteiger partial charge is 0.394 e. The molecular weight excluding hydrogens is 342 g/mol. The topological polar surface area (TPSA) is 78.4 Å². The zero-order chi connectivity index (χ0) is 19.1. The molecule has 0 unspecified atom stereocenters. The van der Waals surface area contributed by atoms with Gasteiger partial charge in [-0.25, -0.2) is 8.78 Å². The summed E-state index contributed by atoms with van der Waals surface area (Å²) in [6.45, 7) is 1.33. The molecule has 2 atom stereocenters. The smallest absolute Gasteiger partial charge is 0.243 e. The van der Waals surface area contributed by atoms with Gasteiger partial charge in [-0.15, -0.1) is 0 Å². The maximum absolute atomic E-state index is 13.1. The van der Waals surface area contributed by atoms with Crippen molar-refractivity contribution < 1.29 is 23.5 Å². The Bertz CT molecular complexity index is 748. The molecule has 2 aromatic carbocycles. The fourth-order valence-corrected chi connectivity index (χ4v) is 2.51. The van der Waals surface area contributed by atoms with Gasteiger partial charge in [0.2, 0.25) is 11.8 Å². The molecule has 0 saturated carbocycles. The van der Waals surface area contributed by atoms with Crippen LogP contribution in [0.3, 0.4) is 0 Å². The van der Waals surface area contributed by atoms with Crippen LogP contribution in [-0.4, -0.2) is 29.6 Å². The van der Waals surface area contributed by atoms with E-state index in [1.807, 2.05) is 30.3 Å². The number of benzene rings is 2. The molecule has 0 saturated heterocycles. The van der Waals surface area contributed by atoms with Crippen LogP contribution in [0.5, 0.6) is 0 Å². The lowest BCUT2D eigenvalue weighted by Gasteiger charge is -2.21. The van der Waals surface area contributed by atoms with E-state index in [1.54, 1.807) is 6.92 Å². The van der Waals surface area contributed by atoms with Gasteiger partial charge in [-0.2, -0.15) is 0 Å². The maximum atomic E-state index is 13.1. The summed E-state index contributed by atoms with van der Waals surface area (Å²) < 4.78 is 26.3. The Morgan fingerprint density at radius 2 is 1.69 bits per heavy atom. The van der Waals surface area contributed by atoms with Crippen molar-refractivity contribution in [3.8, 4) is 0 Å². The summed E-state index contributed by atoms with van der Waals surface area (Å²) in [6.07, 6.45) is -0.324. The lowest BCUT2D eigenvalue weighted by atomic mass is 10.1. The molecule has 2 rings (SSSR count). The van der Waals surface area contributed by atoms with Crippen LogP contribution in [0.1, 0.15) is 24.1 Å². The number of aliphatic hydroxyl groups is 1. The Balaban J connectivity index is 1.92. The molecule has 0 radical (unpaired) electrons. The van der Waals surface area contributed by atoms with Crippen molar-refractivity contribution in [3.05, 3.63) is 71.3 Å². The predicted octanol–water partition coefficient (Wildman–Crippen LogP) is 1.86. The molecule has 26 heavy (non-hydrogen) atoms. The number of amides is 2. The van der Waals surface area contributed by atoms with E-state index in [-0.39, 0.29) is 18.6 Å². The average molecular weight is 362 g/mol. The average Bonchev–Trinajstić information content (AvgIpc) is 2.59. The van der Waals surface area contributed by atoms with Gasteiger partial charge in [0.15, 0.2) is 0 Å². The molecule has 0 aliphatic carbocycles. The van der Waals surface area contributed by atoms with Crippen molar-refractivity contribution in [2.45, 2.75) is 25.4 Å². The van der Waals surface area contributed by atoms with Gasteiger partial charge < -0.3 is 5.11 Å². The van der Waals surface area contributed by atoms with Crippen molar-refractivity contribution in [1.82, 2.24) is 10.6 Å². The first-order valence-electron chi connectivity index (χ1n) is 8.09. The quantitative estimate of drug-likeness (QED) is 0.703. The highest BCUT2D eigenvalue weighted by atomic mass is 19.1. The molecule has 0 fully saturated rings. The molecule has 2 amide bonds. The number of hydrogen-bond acceptors (Lipinski definition) is 4. The fourth-order valence-electron chi connectivity index (χ4n) is 2.51. The van der Waals surface area contributed by atoms with E-state index in [0.717, 1.165) is 17.7 Å². The molecule has 2 aromatic rings. The summed E-state index contributed by atoms with van der Waals surface area (Å²) in [5, 5.41) is 14.6. The zero-order valence-corrected chi connectivity index (χ0v) is 14.2. The Hall–Kier alpha value is -2.64. The minimum atomic E-state index is -0.789. The third kappa shape index (κ3) is 5.72. The molecule has 0 heterocycles. The number of imide groups is 1.